The molecule has 6 nitrogen and oxygen atoms in total. The fourth-order valence-corrected chi connectivity index (χ4v) is 5.40. The van der Waals surface area contributed by atoms with Crippen LogP contribution in [0.1, 0.15) is 42.4 Å². The van der Waals surface area contributed by atoms with Crippen LogP contribution >= 0.6 is 8.60 Å². The first-order valence-electron chi connectivity index (χ1n) is 12.3. The van der Waals surface area contributed by atoms with Crippen LogP contribution in [0.5, 0.6) is 11.5 Å². The maximum atomic E-state index is 9.06. The van der Waals surface area contributed by atoms with Crippen LogP contribution in [0.2, 0.25) is 0 Å². The highest BCUT2D eigenvalue weighted by molar-refractivity contribution is 7.39. The van der Waals surface area contributed by atoms with Crippen LogP contribution in [0.15, 0.2) is 78.9 Å². The Bertz CT molecular complexity index is 1000. The van der Waals surface area contributed by atoms with Crippen LogP contribution in [0.4, 0.5) is 0 Å². The van der Waals surface area contributed by atoms with E-state index in [1.807, 2.05) is 42.5 Å². The Morgan fingerprint density at radius 1 is 0.667 bits per heavy atom. The van der Waals surface area contributed by atoms with Gasteiger partial charge in [0.2, 0.25) is 0 Å². The average Bonchev–Trinajstić information content (AvgIpc) is 2.94. The second-order valence-electron chi connectivity index (χ2n) is 9.25. The number of benzene rings is 3. The molecule has 0 aliphatic heterocycles. The quantitative estimate of drug-likeness (QED) is 0.242. The molecule has 3 aromatic carbocycles. The number of methoxy groups -OCH3 is 2. The molecule has 1 saturated carbocycles. The molecule has 36 heavy (non-hydrogen) atoms. The van der Waals surface area contributed by atoms with Crippen molar-refractivity contribution >= 4 is 8.60 Å². The lowest BCUT2D eigenvalue weighted by Gasteiger charge is -2.38. The Balaban J connectivity index is 1.65. The summed E-state index contributed by atoms with van der Waals surface area (Å²) in [6, 6.07) is 26.5. The molecule has 1 aliphatic carbocycles. The first-order chi connectivity index (χ1) is 17.5. The maximum absolute atomic E-state index is 9.06. The Morgan fingerprint density at radius 2 is 1.11 bits per heavy atom. The molecule has 0 heterocycles. The van der Waals surface area contributed by atoms with Gasteiger partial charge in [-0.1, -0.05) is 54.6 Å². The third kappa shape index (κ3) is 6.26. The van der Waals surface area contributed by atoms with E-state index >= 15 is 0 Å². The molecule has 0 radical (unpaired) electrons. The Labute approximate surface area is 214 Å². The molecule has 0 unspecified atom stereocenters. The standard InChI is InChI=1S/C29H35O6P/c1-32-27-16-12-25(13-17-27)29(24-6-4-3-5-7-24,26-14-18-28(33-2)19-15-26)34-20-22-8-10-23(11-9-22)21-35-36(30)31/h3-7,12-19,22-23,30-31H,8-11,20-21H2,1-2H3. The van der Waals surface area contributed by atoms with E-state index in [1.165, 1.54) is 0 Å². The van der Waals surface area contributed by atoms with Crippen LogP contribution < -0.4 is 9.47 Å². The summed E-state index contributed by atoms with van der Waals surface area (Å²) >= 11 is 0. The lowest BCUT2D eigenvalue weighted by atomic mass is 9.79. The highest BCUT2D eigenvalue weighted by atomic mass is 31.2. The number of hydrogen-bond donors (Lipinski definition) is 2. The summed E-state index contributed by atoms with van der Waals surface area (Å²) in [5.41, 5.74) is 2.31. The normalized spacial score (nSPS) is 18.2. The Hall–Kier alpha value is -2.47. The minimum Gasteiger partial charge on any atom is -0.497 e. The number of ether oxygens (including phenoxy) is 3. The van der Waals surface area contributed by atoms with Crippen molar-refractivity contribution in [2.75, 3.05) is 27.4 Å². The maximum Gasteiger partial charge on any atom is 0.327 e. The van der Waals surface area contributed by atoms with Gasteiger partial charge in [-0.05, 0) is 78.5 Å². The van der Waals surface area contributed by atoms with E-state index in [0.29, 0.717) is 25.0 Å². The minimum atomic E-state index is -2.29. The van der Waals surface area contributed by atoms with Crippen molar-refractivity contribution in [2.45, 2.75) is 31.3 Å². The van der Waals surface area contributed by atoms with Gasteiger partial charge in [0.05, 0.1) is 27.4 Å². The second-order valence-corrected chi connectivity index (χ2v) is 10.0. The minimum absolute atomic E-state index is 0.354. The highest BCUT2D eigenvalue weighted by Crippen LogP contribution is 2.43. The first-order valence-corrected chi connectivity index (χ1v) is 13.5. The molecule has 0 spiro atoms. The van der Waals surface area contributed by atoms with Gasteiger partial charge in [0.25, 0.3) is 0 Å². The van der Waals surface area contributed by atoms with Crippen LogP contribution in [0.3, 0.4) is 0 Å². The summed E-state index contributed by atoms with van der Waals surface area (Å²) in [5, 5.41) is 0. The van der Waals surface area contributed by atoms with Crippen LogP contribution in [0, 0.1) is 11.8 Å². The molecule has 1 fully saturated rings. The molecule has 1 aliphatic rings. The van der Waals surface area contributed by atoms with Gasteiger partial charge in [-0.2, -0.15) is 0 Å². The summed E-state index contributed by atoms with van der Waals surface area (Å²) in [6.45, 7) is 1.01. The van der Waals surface area contributed by atoms with Gasteiger partial charge in [-0.3, -0.25) is 0 Å². The Morgan fingerprint density at radius 3 is 1.56 bits per heavy atom. The van der Waals surface area contributed by atoms with Gasteiger partial charge < -0.3 is 28.5 Å². The van der Waals surface area contributed by atoms with E-state index in [0.717, 1.165) is 53.9 Å². The van der Waals surface area contributed by atoms with Gasteiger partial charge in [0, 0.05) is 0 Å². The highest BCUT2D eigenvalue weighted by Gasteiger charge is 2.39. The fraction of sp³-hybridized carbons (Fsp3) is 0.379. The van der Waals surface area contributed by atoms with Gasteiger partial charge in [0.15, 0.2) is 0 Å². The summed E-state index contributed by atoms with van der Waals surface area (Å²) < 4.78 is 22.9. The van der Waals surface area contributed by atoms with Crippen molar-refractivity contribution in [3.63, 3.8) is 0 Å². The van der Waals surface area contributed by atoms with Crippen molar-refractivity contribution in [3.05, 3.63) is 95.6 Å². The molecule has 4 rings (SSSR count). The fourth-order valence-electron chi connectivity index (χ4n) is 5.05. The Kier molecular flexibility index (Phi) is 9.35. The van der Waals surface area contributed by atoms with Crippen LogP contribution in [0.25, 0.3) is 0 Å². The molecule has 7 heteroatoms. The van der Waals surface area contributed by atoms with Crippen molar-refractivity contribution in [1.82, 2.24) is 0 Å². The van der Waals surface area contributed by atoms with Crippen LogP contribution in [-0.2, 0) is 14.9 Å². The lowest BCUT2D eigenvalue weighted by Crippen LogP contribution is -2.35. The molecular weight excluding hydrogens is 475 g/mol. The molecule has 192 valence electrons. The van der Waals surface area contributed by atoms with E-state index in [-0.39, 0.29) is 0 Å². The zero-order chi connectivity index (χ0) is 25.4. The third-order valence-corrected chi connectivity index (χ3v) is 7.48. The van der Waals surface area contributed by atoms with E-state index in [1.54, 1.807) is 14.2 Å². The second kappa shape index (κ2) is 12.7. The van der Waals surface area contributed by atoms with Crippen molar-refractivity contribution < 1.29 is 28.5 Å². The summed E-state index contributed by atoms with van der Waals surface area (Å²) in [4.78, 5) is 18.1. The molecule has 0 amide bonds. The van der Waals surface area contributed by atoms with Gasteiger partial charge in [0.1, 0.15) is 17.1 Å². The zero-order valence-electron chi connectivity index (χ0n) is 20.9. The molecule has 0 aromatic heterocycles. The van der Waals surface area contributed by atoms with E-state index in [9.17, 15) is 0 Å². The van der Waals surface area contributed by atoms with E-state index in [4.69, 9.17) is 28.5 Å². The van der Waals surface area contributed by atoms with E-state index in [2.05, 4.69) is 36.4 Å². The molecule has 0 saturated heterocycles. The van der Waals surface area contributed by atoms with Crippen molar-refractivity contribution in [1.29, 1.82) is 0 Å². The SMILES string of the molecule is COc1ccc(C(OCC2CCC(COP(O)O)CC2)(c2ccccc2)c2ccc(OC)cc2)cc1. The summed E-state index contributed by atoms with van der Waals surface area (Å²) in [6.07, 6.45) is 4.00. The van der Waals surface area contributed by atoms with Gasteiger partial charge >= 0.3 is 8.60 Å². The number of hydrogen-bond acceptors (Lipinski definition) is 6. The monoisotopic (exact) mass is 510 g/mol. The zero-order valence-corrected chi connectivity index (χ0v) is 21.8. The predicted octanol–water partition coefficient (Wildman–Crippen LogP) is 6.05. The predicted molar refractivity (Wildman–Crippen MR) is 141 cm³/mol. The van der Waals surface area contributed by atoms with Gasteiger partial charge in [-0.15, -0.1) is 0 Å². The smallest absolute Gasteiger partial charge is 0.327 e. The van der Waals surface area contributed by atoms with Gasteiger partial charge in [-0.25, -0.2) is 0 Å². The van der Waals surface area contributed by atoms with E-state index < -0.39 is 14.2 Å². The summed E-state index contributed by atoms with van der Waals surface area (Å²) in [7, 11) is 1.05. The molecule has 3 aromatic rings. The van der Waals surface area contributed by atoms with Crippen molar-refractivity contribution in [3.8, 4) is 11.5 Å². The van der Waals surface area contributed by atoms with Crippen LogP contribution in [-0.4, -0.2) is 37.2 Å². The first kappa shape index (κ1) is 26.6. The molecular formula is C29H35O6P. The molecule has 0 bridgehead atoms. The lowest BCUT2D eigenvalue weighted by molar-refractivity contribution is -0.0188. The van der Waals surface area contributed by atoms with Crippen molar-refractivity contribution in [2.24, 2.45) is 11.8 Å². The average molecular weight is 511 g/mol. The summed E-state index contributed by atoms with van der Waals surface area (Å²) in [5.74, 6) is 2.36. The topological polar surface area (TPSA) is 77.4 Å². The number of rotatable bonds is 11. The largest absolute Gasteiger partial charge is 0.497 e. The molecule has 0 atom stereocenters. The molecule has 2 N–H and O–H groups in total. The third-order valence-electron chi connectivity index (χ3n) is 7.10.